The summed E-state index contributed by atoms with van der Waals surface area (Å²) in [5.41, 5.74) is 1.11. The number of nitrogens with zero attached hydrogens (tertiary/aromatic N) is 2. The molecule has 0 fully saturated rings. The van der Waals surface area contributed by atoms with Gasteiger partial charge in [-0.2, -0.15) is 5.10 Å². The third kappa shape index (κ3) is 3.40. The highest BCUT2D eigenvalue weighted by Crippen LogP contribution is 2.20. The number of thioether (sulfide) groups is 1. The number of pyridine rings is 1. The molecule has 0 aliphatic carbocycles. The Bertz CT molecular complexity index is 463. The number of rotatable bonds is 4. The molecule has 78 valence electrons. The summed E-state index contributed by atoms with van der Waals surface area (Å²) in [6, 6.07) is 5.97. The molecule has 0 spiro atoms. The Morgan fingerprint density at radius 3 is 3.07 bits per heavy atom. The quantitative estimate of drug-likeness (QED) is 0.674. The van der Waals surface area contributed by atoms with Crippen LogP contribution >= 0.6 is 35.3 Å². The molecule has 1 N–H and O–H groups in total. The van der Waals surface area contributed by atoms with Crippen molar-refractivity contribution in [1.29, 1.82) is 0 Å². The van der Waals surface area contributed by atoms with Crippen LogP contribution in [-0.2, 0) is 6.42 Å². The molecule has 3 nitrogen and oxygen atoms in total. The van der Waals surface area contributed by atoms with Gasteiger partial charge >= 0.3 is 0 Å². The summed E-state index contributed by atoms with van der Waals surface area (Å²) in [5.74, 6) is 0.979. The van der Waals surface area contributed by atoms with Crippen LogP contribution in [-0.4, -0.2) is 20.9 Å². The fourth-order valence-corrected chi connectivity index (χ4v) is 3.18. The maximum atomic E-state index is 4.95. The zero-order chi connectivity index (χ0) is 10.5. The maximum Gasteiger partial charge on any atom is 0.177 e. The second-order valence-corrected chi connectivity index (χ2v) is 5.81. The van der Waals surface area contributed by atoms with Crippen LogP contribution in [0.5, 0.6) is 0 Å². The first-order valence-electron chi connectivity index (χ1n) is 4.43. The lowest BCUT2D eigenvalue weighted by Crippen LogP contribution is -1.91. The van der Waals surface area contributed by atoms with E-state index in [2.05, 4.69) is 15.2 Å². The molecule has 0 aromatic carbocycles. The van der Waals surface area contributed by atoms with E-state index in [-0.39, 0.29) is 0 Å². The number of nitrogens with one attached hydrogen (secondary N) is 1. The van der Waals surface area contributed by atoms with Gasteiger partial charge in [-0.1, -0.05) is 29.2 Å². The molecule has 2 heterocycles. The van der Waals surface area contributed by atoms with E-state index in [9.17, 15) is 0 Å². The lowest BCUT2D eigenvalue weighted by Gasteiger charge is -1.97. The van der Waals surface area contributed by atoms with E-state index in [1.807, 2.05) is 24.4 Å². The molecule has 15 heavy (non-hydrogen) atoms. The number of hydrogen-bond donors (Lipinski definition) is 1. The van der Waals surface area contributed by atoms with Crippen LogP contribution in [0.25, 0.3) is 0 Å². The summed E-state index contributed by atoms with van der Waals surface area (Å²) in [5, 5.41) is 6.84. The maximum absolute atomic E-state index is 4.95. The molecule has 0 amide bonds. The van der Waals surface area contributed by atoms with Gasteiger partial charge < -0.3 is 0 Å². The van der Waals surface area contributed by atoms with Crippen molar-refractivity contribution in [3.05, 3.63) is 34.0 Å². The van der Waals surface area contributed by atoms with Crippen molar-refractivity contribution >= 4 is 35.3 Å². The van der Waals surface area contributed by atoms with Crippen LogP contribution in [0.4, 0.5) is 0 Å². The van der Waals surface area contributed by atoms with Gasteiger partial charge in [0.25, 0.3) is 0 Å². The average molecular weight is 255 g/mol. The van der Waals surface area contributed by atoms with Gasteiger partial charge in [0, 0.05) is 17.6 Å². The van der Waals surface area contributed by atoms with Gasteiger partial charge in [0.15, 0.2) is 8.29 Å². The molecule has 0 saturated heterocycles. The number of H-pyrrole nitrogens is 1. The molecule has 0 bridgehead atoms. The first kappa shape index (κ1) is 10.8. The Labute approximate surface area is 101 Å². The Kier molecular flexibility index (Phi) is 3.87. The van der Waals surface area contributed by atoms with Crippen molar-refractivity contribution in [2.75, 3.05) is 5.75 Å². The highest BCUT2D eigenvalue weighted by atomic mass is 32.2. The monoisotopic (exact) mass is 255 g/mol. The number of aromatic amines is 1. The van der Waals surface area contributed by atoms with Gasteiger partial charge in [0.2, 0.25) is 0 Å². The summed E-state index contributed by atoms with van der Waals surface area (Å²) < 4.78 is 1.73. The highest BCUT2D eigenvalue weighted by molar-refractivity contribution is 8.01. The van der Waals surface area contributed by atoms with Crippen molar-refractivity contribution in [3.63, 3.8) is 0 Å². The Hall–Kier alpha value is -0.720. The van der Waals surface area contributed by atoms with E-state index in [4.69, 9.17) is 12.2 Å². The van der Waals surface area contributed by atoms with Gasteiger partial charge in [-0.05, 0) is 30.8 Å². The minimum Gasteiger partial charge on any atom is -0.261 e. The predicted octanol–water partition coefficient (Wildman–Crippen LogP) is 2.93. The Balaban J connectivity index is 1.83. The largest absolute Gasteiger partial charge is 0.261 e. The number of hydrogen-bond acceptors (Lipinski definition) is 5. The molecule has 6 heteroatoms. The minimum atomic E-state index is 0.732. The van der Waals surface area contributed by atoms with Crippen LogP contribution in [0.2, 0.25) is 0 Å². The second kappa shape index (κ2) is 5.39. The van der Waals surface area contributed by atoms with Crippen molar-refractivity contribution in [3.8, 4) is 0 Å². The van der Waals surface area contributed by atoms with Crippen LogP contribution < -0.4 is 0 Å². The van der Waals surface area contributed by atoms with E-state index in [1.54, 1.807) is 11.8 Å². The lowest BCUT2D eigenvalue weighted by atomic mass is 10.3. The molecule has 0 saturated carbocycles. The van der Waals surface area contributed by atoms with E-state index >= 15 is 0 Å². The van der Waals surface area contributed by atoms with Crippen LogP contribution in [0.1, 0.15) is 5.69 Å². The molecule has 2 aromatic rings. The first-order valence-corrected chi connectivity index (χ1v) is 6.64. The topological polar surface area (TPSA) is 41.6 Å². The first-order chi connectivity index (χ1) is 7.34. The molecule has 0 radical (unpaired) electrons. The minimum absolute atomic E-state index is 0.732. The summed E-state index contributed by atoms with van der Waals surface area (Å²) in [7, 11) is 0. The van der Waals surface area contributed by atoms with Crippen molar-refractivity contribution in [2.45, 2.75) is 10.8 Å². The lowest BCUT2D eigenvalue weighted by molar-refractivity contribution is 0.996. The molecule has 0 unspecified atom stereocenters. The SMILES string of the molecule is S=c1[nH]nc(SCCc2ccccn2)s1. The Morgan fingerprint density at radius 2 is 2.40 bits per heavy atom. The van der Waals surface area contributed by atoms with E-state index in [0.29, 0.717) is 0 Å². The van der Waals surface area contributed by atoms with Crippen LogP contribution in [0, 0.1) is 3.95 Å². The third-order valence-electron chi connectivity index (χ3n) is 1.73. The van der Waals surface area contributed by atoms with Gasteiger partial charge in [0.1, 0.15) is 0 Å². The summed E-state index contributed by atoms with van der Waals surface area (Å²) in [6.45, 7) is 0. The number of aryl methyl sites for hydroxylation is 1. The predicted molar refractivity (Wildman–Crippen MR) is 66.0 cm³/mol. The second-order valence-electron chi connectivity index (χ2n) is 2.80. The number of aromatic nitrogens is 3. The summed E-state index contributed by atoms with van der Waals surface area (Å²) in [4.78, 5) is 4.26. The highest BCUT2D eigenvalue weighted by Gasteiger charge is 1.99. The van der Waals surface area contributed by atoms with Crippen molar-refractivity contribution in [1.82, 2.24) is 15.2 Å². The van der Waals surface area contributed by atoms with Gasteiger partial charge in [-0.15, -0.1) is 0 Å². The molecule has 2 rings (SSSR count). The summed E-state index contributed by atoms with van der Waals surface area (Å²) >= 11 is 8.17. The van der Waals surface area contributed by atoms with E-state index < -0.39 is 0 Å². The van der Waals surface area contributed by atoms with Gasteiger partial charge in [-0.3, -0.25) is 10.1 Å². The summed E-state index contributed by atoms with van der Waals surface area (Å²) in [6.07, 6.45) is 2.77. The standard InChI is InChI=1S/C9H9N3S3/c13-8-11-12-9(15-8)14-6-4-7-3-1-2-5-10-7/h1-3,5H,4,6H2,(H,11,13). The Morgan fingerprint density at radius 1 is 1.47 bits per heavy atom. The van der Waals surface area contributed by atoms with Crippen LogP contribution in [0.3, 0.4) is 0 Å². The van der Waals surface area contributed by atoms with E-state index in [0.717, 1.165) is 26.2 Å². The molecule has 0 aliphatic rings. The van der Waals surface area contributed by atoms with Gasteiger partial charge in [-0.25, -0.2) is 0 Å². The van der Waals surface area contributed by atoms with Crippen LogP contribution in [0.15, 0.2) is 28.7 Å². The molecule has 0 atom stereocenters. The molecular formula is C9H9N3S3. The van der Waals surface area contributed by atoms with Gasteiger partial charge in [0.05, 0.1) is 0 Å². The zero-order valence-corrected chi connectivity index (χ0v) is 10.3. The van der Waals surface area contributed by atoms with Crippen molar-refractivity contribution in [2.24, 2.45) is 0 Å². The molecule has 0 aliphatic heterocycles. The average Bonchev–Trinajstić information content (AvgIpc) is 2.66. The smallest absolute Gasteiger partial charge is 0.177 e. The molecule has 2 aromatic heterocycles. The van der Waals surface area contributed by atoms with E-state index in [1.165, 1.54) is 11.3 Å². The van der Waals surface area contributed by atoms with Crippen molar-refractivity contribution < 1.29 is 0 Å². The fourth-order valence-electron chi connectivity index (χ4n) is 1.07. The zero-order valence-electron chi connectivity index (χ0n) is 7.84. The fraction of sp³-hybridized carbons (Fsp3) is 0.222. The normalized spacial score (nSPS) is 10.4. The third-order valence-corrected chi connectivity index (χ3v) is 3.96. The molecular weight excluding hydrogens is 246 g/mol.